The van der Waals surface area contributed by atoms with Crippen molar-refractivity contribution in [2.45, 2.75) is 26.8 Å². The van der Waals surface area contributed by atoms with Gasteiger partial charge in [0, 0.05) is 0 Å². The summed E-state index contributed by atoms with van der Waals surface area (Å²) in [5.41, 5.74) is -0.612. The van der Waals surface area contributed by atoms with E-state index in [1.54, 1.807) is 20.8 Å². The fraction of sp³-hybridized carbons (Fsp3) is 0.500. The van der Waals surface area contributed by atoms with Crippen LogP contribution in [0.25, 0.3) is 0 Å². The molecule has 0 fully saturated rings. The van der Waals surface area contributed by atoms with E-state index in [1.165, 1.54) is 12.4 Å². The van der Waals surface area contributed by atoms with Gasteiger partial charge in [0.15, 0.2) is 0 Å². The number of carboxylic acids is 1. The quantitative estimate of drug-likeness (QED) is 0.721. The molecule has 0 saturated heterocycles. The number of amides is 2. The van der Waals surface area contributed by atoms with Crippen molar-refractivity contribution in [1.29, 1.82) is 0 Å². The van der Waals surface area contributed by atoms with Crippen LogP contribution in [0.4, 0.5) is 10.7 Å². The maximum Gasteiger partial charge on any atom is 0.326 e. The average Bonchev–Trinajstić information content (AvgIpc) is 2.25. The van der Waals surface area contributed by atoms with Crippen molar-refractivity contribution in [2.75, 3.05) is 5.32 Å². The predicted molar refractivity (Wildman–Crippen MR) is 62.9 cm³/mol. The first kappa shape index (κ1) is 13.8. The summed E-state index contributed by atoms with van der Waals surface area (Å²) in [4.78, 5) is 26.4. The third kappa shape index (κ3) is 3.96. The van der Waals surface area contributed by atoms with Crippen LogP contribution >= 0.6 is 0 Å². The second-order valence-corrected chi connectivity index (χ2v) is 4.70. The number of aliphatic carboxylic acids is 1. The number of urea groups is 1. The van der Waals surface area contributed by atoms with Gasteiger partial charge in [-0.1, -0.05) is 20.8 Å². The van der Waals surface area contributed by atoms with Crippen LogP contribution in [0.1, 0.15) is 20.8 Å². The van der Waals surface area contributed by atoms with Crippen molar-refractivity contribution in [2.24, 2.45) is 5.41 Å². The summed E-state index contributed by atoms with van der Waals surface area (Å²) in [7, 11) is 0. The molecule has 0 radical (unpaired) electrons. The van der Waals surface area contributed by atoms with Gasteiger partial charge >= 0.3 is 12.0 Å². The van der Waals surface area contributed by atoms with E-state index in [4.69, 9.17) is 5.11 Å². The molecular formula is C10H15N5O3. The van der Waals surface area contributed by atoms with E-state index in [-0.39, 0.29) is 5.95 Å². The Morgan fingerprint density at radius 1 is 1.33 bits per heavy atom. The Hall–Kier alpha value is -2.25. The minimum atomic E-state index is -1.11. The molecule has 1 unspecified atom stereocenters. The van der Waals surface area contributed by atoms with E-state index in [1.807, 2.05) is 0 Å². The SMILES string of the molecule is CC(C)(C)C(NC(=O)Nc1nccnn1)C(=O)O. The highest BCUT2D eigenvalue weighted by Gasteiger charge is 2.32. The Labute approximate surface area is 104 Å². The molecule has 0 aliphatic heterocycles. The molecule has 98 valence electrons. The number of rotatable bonds is 3. The van der Waals surface area contributed by atoms with E-state index < -0.39 is 23.5 Å². The van der Waals surface area contributed by atoms with Gasteiger partial charge in [-0.3, -0.25) is 5.32 Å². The lowest BCUT2D eigenvalue weighted by atomic mass is 9.87. The maximum atomic E-state index is 11.6. The van der Waals surface area contributed by atoms with Gasteiger partial charge in [-0.15, -0.1) is 5.10 Å². The second-order valence-electron chi connectivity index (χ2n) is 4.70. The normalized spacial score (nSPS) is 12.6. The van der Waals surface area contributed by atoms with Gasteiger partial charge < -0.3 is 10.4 Å². The number of carboxylic acid groups (broad SMARTS) is 1. The van der Waals surface area contributed by atoms with Gasteiger partial charge in [0.1, 0.15) is 6.04 Å². The molecule has 0 spiro atoms. The summed E-state index contributed by atoms with van der Waals surface area (Å²) >= 11 is 0. The highest BCUT2D eigenvalue weighted by atomic mass is 16.4. The molecule has 3 N–H and O–H groups in total. The Kier molecular flexibility index (Phi) is 4.13. The van der Waals surface area contributed by atoms with E-state index in [2.05, 4.69) is 25.8 Å². The zero-order chi connectivity index (χ0) is 13.8. The van der Waals surface area contributed by atoms with Crippen LogP contribution in [0.15, 0.2) is 12.4 Å². The Bertz CT molecular complexity index is 429. The predicted octanol–water partition coefficient (Wildman–Crippen LogP) is 0.492. The lowest BCUT2D eigenvalue weighted by Crippen LogP contribution is -2.50. The van der Waals surface area contributed by atoms with Crippen LogP contribution < -0.4 is 10.6 Å². The van der Waals surface area contributed by atoms with Gasteiger partial charge in [0.25, 0.3) is 5.95 Å². The van der Waals surface area contributed by atoms with Gasteiger partial charge in [-0.05, 0) is 5.41 Å². The van der Waals surface area contributed by atoms with Crippen LogP contribution in [0.2, 0.25) is 0 Å². The first-order valence-corrected chi connectivity index (χ1v) is 5.24. The van der Waals surface area contributed by atoms with Crippen LogP contribution in [-0.2, 0) is 4.79 Å². The molecule has 0 aliphatic rings. The molecule has 1 aromatic rings. The smallest absolute Gasteiger partial charge is 0.326 e. The monoisotopic (exact) mass is 253 g/mol. The molecule has 1 heterocycles. The molecule has 1 rings (SSSR count). The molecule has 18 heavy (non-hydrogen) atoms. The van der Waals surface area contributed by atoms with Gasteiger partial charge in [-0.2, -0.15) is 5.10 Å². The average molecular weight is 253 g/mol. The third-order valence-corrected chi connectivity index (χ3v) is 2.10. The molecule has 1 atom stereocenters. The molecule has 0 bridgehead atoms. The fourth-order valence-electron chi connectivity index (χ4n) is 1.22. The maximum absolute atomic E-state index is 11.6. The Morgan fingerprint density at radius 3 is 2.44 bits per heavy atom. The zero-order valence-electron chi connectivity index (χ0n) is 10.3. The number of hydrogen-bond acceptors (Lipinski definition) is 5. The van der Waals surface area contributed by atoms with Crippen molar-refractivity contribution >= 4 is 17.9 Å². The number of aromatic nitrogens is 3. The van der Waals surface area contributed by atoms with E-state index in [0.29, 0.717) is 0 Å². The molecule has 0 aliphatic carbocycles. The first-order chi connectivity index (χ1) is 8.30. The van der Waals surface area contributed by atoms with Gasteiger partial charge in [-0.25, -0.2) is 14.6 Å². The van der Waals surface area contributed by atoms with Crippen LogP contribution in [0.5, 0.6) is 0 Å². The van der Waals surface area contributed by atoms with Gasteiger partial charge in [0.05, 0.1) is 12.4 Å². The van der Waals surface area contributed by atoms with Crippen molar-refractivity contribution in [3.63, 3.8) is 0 Å². The summed E-state index contributed by atoms with van der Waals surface area (Å²) in [6, 6.07) is -1.71. The van der Waals surface area contributed by atoms with E-state index in [9.17, 15) is 9.59 Å². The number of carbonyl (C=O) groups is 2. The summed E-state index contributed by atoms with van der Waals surface area (Å²) in [5, 5.41) is 20.8. The van der Waals surface area contributed by atoms with Crippen LogP contribution in [0.3, 0.4) is 0 Å². The Balaban J connectivity index is 2.66. The third-order valence-electron chi connectivity index (χ3n) is 2.10. The lowest BCUT2D eigenvalue weighted by Gasteiger charge is -2.27. The molecule has 0 saturated carbocycles. The zero-order valence-corrected chi connectivity index (χ0v) is 10.3. The minimum absolute atomic E-state index is 0.00745. The summed E-state index contributed by atoms with van der Waals surface area (Å²) < 4.78 is 0. The largest absolute Gasteiger partial charge is 0.480 e. The number of anilines is 1. The summed E-state index contributed by atoms with van der Waals surface area (Å²) in [5.74, 6) is -1.10. The van der Waals surface area contributed by atoms with Crippen LogP contribution in [0, 0.1) is 5.41 Å². The van der Waals surface area contributed by atoms with Crippen LogP contribution in [-0.4, -0.2) is 38.3 Å². The number of hydrogen-bond donors (Lipinski definition) is 3. The highest BCUT2D eigenvalue weighted by Crippen LogP contribution is 2.19. The lowest BCUT2D eigenvalue weighted by molar-refractivity contribution is -0.141. The number of nitrogens with one attached hydrogen (secondary N) is 2. The molecule has 2 amide bonds. The van der Waals surface area contributed by atoms with Gasteiger partial charge in [0.2, 0.25) is 0 Å². The topological polar surface area (TPSA) is 117 Å². The van der Waals surface area contributed by atoms with E-state index in [0.717, 1.165) is 0 Å². The Morgan fingerprint density at radius 2 is 2.00 bits per heavy atom. The van der Waals surface area contributed by atoms with Crippen molar-refractivity contribution in [1.82, 2.24) is 20.5 Å². The molecule has 8 heteroatoms. The summed E-state index contributed by atoms with van der Waals surface area (Å²) in [6.07, 6.45) is 2.72. The fourth-order valence-corrected chi connectivity index (χ4v) is 1.22. The standard InChI is InChI=1S/C10H15N5O3/c1-10(2,3)6(7(16)17)13-9(18)14-8-11-4-5-12-15-8/h4-6H,1-3H3,(H,16,17)(H2,11,13,14,15,18). The van der Waals surface area contributed by atoms with E-state index >= 15 is 0 Å². The van der Waals surface area contributed by atoms with Crippen molar-refractivity contribution < 1.29 is 14.7 Å². The summed E-state index contributed by atoms with van der Waals surface area (Å²) in [6.45, 7) is 5.14. The molecule has 0 aromatic carbocycles. The number of carbonyl (C=O) groups excluding carboxylic acids is 1. The molecular weight excluding hydrogens is 238 g/mol. The second kappa shape index (κ2) is 5.39. The first-order valence-electron chi connectivity index (χ1n) is 5.24. The molecule has 1 aromatic heterocycles. The van der Waals surface area contributed by atoms with Crippen molar-refractivity contribution in [3.8, 4) is 0 Å². The van der Waals surface area contributed by atoms with Crippen molar-refractivity contribution in [3.05, 3.63) is 12.4 Å². The minimum Gasteiger partial charge on any atom is -0.480 e. The number of nitrogens with zero attached hydrogens (tertiary/aromatic N) is 3. The molecule has 8 nitrogen and oxygen atoms in total. The highest BCUT2D eigenvalue weighted by molar-refractivity contribution is 5.91.